The number of likely N-dealkylation sites (N-methyl/N-ethyl adjacent to an activating group) is 1. The topological polar surface area (TPSA) is 66.4 Å². The Labute approximate surface area is 208 Å². The molecule has 1 fully saturated rings. The Kier molecular flexibility index (Phi) is 6.46. The lowest BCUT2D eigenvalue weighted by Gasteiger charge is -2.36. The fraction of sp³-hybridized carbons (Fsp3) is 0.375. The zero-order valence-corrected chi connectivity index (χ0v) is 19.6. The molecule has 1 N–H and O–H groups in total. The van der Waals surface area contributed by atoms with Crippen molar-refractivity contribution < 1.29 is 31.1 Å². The van der Waals surface area contributed by atoms with Crippen LogP contribution in [0.15, 0.2) is 36.7 Å². The summed E-state index contributed by atoms with van der Waals surface area (Å²) in [6.07, 6.45) is -0.590. The van der Waals surface area contributed by atoms with Gasteiger partial charge in [-0.1, -0.05) is 0 Å². The summed E-state index contributed by atoms with van der Waals surface area (Å²) in [7, 11) is 1.68. The molecule has 13 heteroatoms. The molecule has 2 aromatic heterocycles. The second-order valence-electron chi connectivity index (χ2n) is 8.92. The van der Waals surface area contributed by atoms with Crippen LogP contribution in [0.4, 0.5) is 43.8 Å². The van der Waals surface area contributed by atoms with Crippen molar-refractivity contribution >= 4 is 17.5 Å². The van der Waals surface area contributed by atoms with E-state index < -0.39 is 35.4 Å². The molecule has 3 aromatic rings. The van der Waals surface area contributed by atoms with E-state index in [0.717, 1.165) is 24.4 Å². The number of aromatic nitrogens is 3. The largest absolute Gasteiger partial charge is 0.486 e. The van der Waals surface area contributed by atoms with E-state index in [1.54, 1.807) is 18.0 Å². The number of ether oxygens (including phenoxy) is 1. The van der Waals surface area contributed by atoms with Gasteiger partial charge in [0.1, 0.15) is 12.3 Å². The number of hydrogen-bond donors (Lipinski definition) is 1. The van der Waals surface area contributed by atoms with Gasteiger partial charge in [0.2, 0.25) is 5.95 Å². The summed E-state index contributed by atoms with van der Waals surface area (Å²) in [5, 5.41) is 3.25. The van der Waals surface area contributed by atoms with Crippen LogP contribution in [0.2, 0.25) is 0 Å². The zero-order chi connectivity index (χ0) is 26.3. The van der Waals surface area contributed by atoms with Crippen molar-refractivity contribution in [3.8, 4) is 5.75 Å². The second kappa shape index (κ2) is 9.60. The highest BCUT2D eigenvalue weighted by Crippen LogP contribution is 2.38. The summed E-state index contributed by atoms with van der Waals surface area (Å²) >= 11 is 0. The first-order valence-corrected chi connectivity index (χ1v) is 11.5. The van der Waals surface area contributed by atoms with Crippen LogP contribution in [0, 0.1) is 17.5 Å². The number of hydrogen-bond acceptors (Lipinski definition) is 7. The van der Waals surface area contributed by atoms with Crippen molar-refractivity contribution in [2.75, 3.05) is 41.9 Å². The zero-order valence-electron chi connectivity index (χ0n) is 19.6. The predicted molar refractivity (Wildman–Crippen MR) is 123 cm³/mol. The number of fused-ring (bicyclic) bond motifs is 1. The van der Waals surface area contributed by atoms with Gasteiger partial charge in [0.05, 0.1) is 12.2 Å². The Hall–Kier alpha value is -3.77. The van der Waals surface area contributed by atoms with E-state index in [-0.39, 0.29) is 18.2 Å². The van der Waals surface area contributed by atoms with E-state index in [1.807, 2.05) is 4.90 Å². The molecule has 0 amide bonds. The molecule has 7 nitrogen and oxygen atoms in total. The summed E-state index contributed by atoms with van der Waals surface area (Å²) in [5.41, 5.74) is -0.261. The maximum atomic E-state index is 13.8. The van der Waals surface area contributed by atoms with Gasteiger partial charge in [-0.3, -0.25) is 4.98 Å². The van der Waals surface area contributed by atoms with Crippen LogP contribution in [0.25, 0.3) is 0 Å². The minimum atomic E-state index is -4.51. The molecule has 1 unspecified atom stereocenters. The Morgan fingerprint density at radius 1 is 1.03 bits per heavy atom. The number of rotatable bonds is 4. The van der Waals surface area contributed by atoms with E-state index in [2.05, 4.69) is 20.3 Å². The third-order valence-corrected chi connectivity index (χ3v) is 6.55. The van der Waals surface area contributed by atoms with Crippen molar-refractivity contribution in [1.82, 2.24) is 15.0 Å². The van der Waals surface area contributed by atoms with E-state index in [1.165, 1.54) is 6.20 Å². The molecule has 1 saturated heterocycles. The van der Waals surface area contributed by atoms with Crippen LogP contribution < -0.4 is 19.9 Å². The molecule has 196 valence electrons. The molecule has 0 spiro atoms. The minimum absolute atomic E-state index is 0.0240. The van der Waals surface area contributed by atoms with Crippen molar-refractivity contribution in [1.29, 1.82) is 0 Å². The molecule has 0 bridgehead atoms. The van der Waals surface area contributed by atoms with E-state index in [0.29, 0.717) is 49.1 Å². The first kappa shape index (κ1) is 24.9. The van der Waals surface area contributed by atoms with Crippen molar-refractivity contribution in [2.45, 2.75) is 31.1 Å². The van der Waals surface area contributed by atoms with Crippen molar-refractivity contribution in [3.63, 3.8) is 0 Å². The number of alkyl halides is 3. The van der Waals surface area contributed by atoms with Gasteiger partial charge in [-0.2, -0.15) is 18.2 Å². The number of piperidine rings is 1. The molecule has 0 radical (unpaired) electrons. The normalized spacial score (nSPS) is 18.4. The van der Waals surface area contributed by atoms with Crippen LogP contribution in [-0.2, 0) is 6.18 Å². The molecular weight excluding hydrogens is 502 g/mol. The summed E-state index contributed by atoms with van der Waals surface area (Å²) in [6.45, 7) is 1.11. The van der Waals surface area contributed by atoms with Gasteiger partial charge in [-0.15, -0.1) is 0 Å². The number of nitrogens with zero attached hydrogens (tertiary/aromatic N) is 5. The Morgan fingerprint density at radius 3 is 2.41 bits per heavy atom. The maximum absolute atomic E-state index is 13.8. The molecule has 1 atom stereocenters. The number of nitrogens with one attached hydrogen (secondary N) is 1. The minimum Gasteiger partial charge on any atom is -0.486 e. The lowest BCUT2D eigenvalue weighted by molar-refractivity contribution is -0.141. The van der Waals surface area contributed by atoms with Crippen LogP contribution in [-0.4, -0.2) is 47.7 Å². The average molecular weight is 524 g/mol. The van der Waals surface area contributed by atoms with Gasteiger partial charge in [0, 0.05) is 38.1 Å². The predicted octanol–water partition coefficient (Wildman–Crippen LogP) is 4.96. The molecule has 2 aliphatic heterocycles. The van der Waals surface area contributed by atoms with Crippen LogP contribution >= 0.6 is 0 Å². The van der Waals surface area contributed by atoms with E-state index in [4.69, 9.17) is 4.74 Å². The van der Waals surface area contributed by atoms with Crippen molar-refractivity contribution in [2.24, 2.45) is 0 Å². The Morgan fingerprint density at radius 2 is 1.73 bits per heavy atom. The van der Waals surface area contributed by atoms with Crippen molar-refractivity contribution in [3.05, 3.63) is 65.4 Å². The SMILES string of the molecule is CN1c2nc(NC3CCN(c4ccnc(C(F)(F)F)c4)CC3)ncc2OCC1c1cc(F)c(F)c(F)c1. The number of benzene rings is 1. The van der Waals surface area contributed by atoms with Gasteiger partial charge in [-0.25, -0.2) is 18.2 Å². The molecular formula is C24H22F6N6O. The van der Waals surface area contributed by atoms with E-state index >= 15 is 0 Å². The quantitative estimate of drug-likeness (QED) is 0.382. The van der Waals surface area contributed by atoms with Crippen LogP contribution in [0.1, 0.15) is 30.1 Å². The number of pyridine rings is 1. The highest BCUT2D eigenvalue weighted by molar-refractivity contribution is 5.57. The van der Waals surface area contributed by atoms with E-state index in [9.17, 15) is 26.3 Å². The average Bonchev–Trinajstić information content (AvgIpc) is 2.87. The Bertz CT molecular complexity index is 1270. The lowest BCUT2D eigenvalue weighted by Crippen LogP contribution is -2.40. The number of halogens is 6. The van der Waals surface area contributed by atoms with Gasteiger partial charge < -0.3 is 19.9 Å². The Balaban J connectivity index is 1.26. The molecule has 0 aliphatic carbocycles. The second-order valence-corrected chi connectivity index (χ2v) is 8.92. The standard InChI is InChI=1S/C24H22F6N6O/c1-35-18(13-8-16(25)21(27)17(26)9-13)12-37-19-11-32-23(34-22(19)35)33-14-3-6-36(7-4-14)15-2-5-31-20(10-15)24(28,29)30/h2,5,8-11,14,18H,3-4,6-7,12H2,1H3,(H,32,33,34). The van der Waals surface area contributed by atoms with Crippen LogP contribution in [0.3, 0.4) is 0 Å². The van der Waals surface area contributed by atoms with Gasteiger partial charge in [-0.05, 0) is 42.7 Å². The molecule has 1 aromatic carbocycles. The summed E-state index contributed by atoms with van der Waals surface area (Å²) in [6, 6.07) is 3.84. The fourth-order valence-corrected chi connectivity index (χ4v) is 4.54. The van der Waals surface area contributed by atoms with Gasteiger partial charge in [0.15, 0.2) is 29.0 Å². The third kappa shape index (κ3) is 5.07. The molecule has 37 heavy (non-hydrogen) atoms. The first-order valence-electron chi connectivity index (χ1n) is 11.5. The molecule has 2 aliphatic rings. The fourth-order valence-electron chi connectivity index (χ4n) is 4.54. The van der Waals surface area contributed by atoms with Crippen LogP contribution in [0.5, 0.6) is 5.75 Å². The molecule has 5 rings (SSSR count). The highest BCUT2D eigenvalue weighted by Gasteiger charge is 2.33. The van der Waals surface area contributed by atoms with Gasteiger partial charge >= 0.3 is 6.18 Å². The maximum Gasteiger partial charge on any atom is 0.433 e. The summed E-state index contributed by atoms with van der Waals surface area (Å²) in [5.74, 6) is -3.01. The lowest BCUT2D eigenvalue weighted by atomic mass is 10.0. The molecule has 4 heterocycles. The molecule has 0 saturated carbocycles. The monoisotopic (exact) mass is 524 g/mol. The summed E-state index contributed by atoms with van der Waals surface area (Å²) in [4.78, 5) is 15.8. The smallest absolute Gasteiger partial charge is 0.433 e. The summed E-state index contributed by atoms with van der Waals surface area (Å²) < 4.78 is 85.6. The number of anilines is 3. The highest BCUT2D eigenvalue weighted by atomic mass is 19.4. The third-order valence-electron chi connectivity index (χ3n) is 6.55. The van der Waals surface area contributed by atoms with Gasteiger partial charge in [0.25, 0.3) is 0 Å². The first-order chi connectivity index (χ1) is 17.6.